The molecule has 0 aliphatic rings. The van der Waals surface area contributed by atoms with Gasteiger partial charge in [0, 0.05) is 9.64 Å². The molecule has 0 radical (unpaired) electrons. The van der Waals surface area contributed by atoms with Crippen LogP contribution in [0.25, 0.3) is 0 Å². The van der Waals surface area contributed by atoms with Gasteiger partial charge in [-0.15, -0.1) is 10.2 Å². The zero-order valence-corrected chi connectivity index (χ0v) is 11.9. The fraction of sp³-hybridized carbons (Fsp3) is 0. The summed E-state index contributed by atoms with van der Waals surface area (Å²) >= 11 is 13.6. The lowest BCUT2D eigenvalue weighted by Gasteiger charge is -2.09. The topological polar surface area (TPSA) is 37.8 Å². The van der Waals surface area contributed by atoms with Crippen molar-refractivity contribution < 1.29 is 4.39 Å². The first-order valence-electron chi connectivity index (χ1n) is 4.47. The molecule has 0 amide bonds. The molecule has 0 aliphatic carbocycles. The molecule has 17 heavy (non-hydrogen) atoms. The Morgan fingerprint density at radius 3 is 2.59 bits per heavy atom. The minimum absolute atomic E-state index is 0.203. The molecule has 88 valence electrons. The number of halogens is 4. The van der Waals surface area contributed by atoms with Gasteiger partial charge in [-0.25, -0.2) is 4.39 Å². The fourth-order valence-corrected chi connectivity index (χ4v) is 2.08. The molecule has 2 rings (SSSR count). The Morgan fingerprint density at radius 1 is 1.12 bits per heavy atom. The van der Waals surface area contributed by atoms with Gasteiger partial charge < -0.3 is 5.32 Å². The molecule has 0 aliphatic heterocycles. The number of nitrogens with one attached hydrogen (secondary N) is 1. The largest absolute Gasteiger partial charge is 0.352 e. The summed E-state index contributed by atoms with van der Waals surface area (Å²) in [6, 6.07) is 5.93. The van der Waals surface area contributed by atoms with Crippen LogP contribution in [-0.4, -0.2) is 10.2 Å². The van der Waals surface area contributed by atoms with E-state index in [9.17, 15) is 4.39 Å². The Labute approximate surface area is 120 Å². The maximum Gasteiger partial charge on any atom is 0.175 e. The fourth-order valence-electron chi connectivity index (χ4n) is 1.18. The van der Waals surface area contributed by atoms with Gasteiger partial charge in [0.2, 0.25) is 0 Å². The van der Waals surface area contributed by atoms with E-state index in [2.05, 4.69) is 15.5 Å². The number of hydrogen-bond acceptors (Lipinski definition) is 3. The smallest absolute Gasteiger partial charge is 0.175 e. The highest BCUT2D eigenvalue weighted by Crippen LogP contribution is 2.28. The summed E-state index contributed by atoms with van der Waals surface area (Å²) in [6.45, 7) is 0. The van der Waals surface area contributed by atoms with E-state index in [1.54, 1.807) is 12.1 Å². The lowest BCUT2D eigenvalue weighted by atomic mass is 10.3. The van der Waals surface area contributed by atoms with Crippen LogP contribution in [0.3, 0.4) is 0 Å². The minimum Gasteiger partial charge on any atom is -0.352 e. The standard InChI is InChI=1S/C10H5Cl2FIN3/c11-9-4-8(10(12)17-16-9)15-7-2-1-5(13)3-6(7)14/h1-4H,(H,15,16). The molecular weight excluding hydrogens is 379 g/mol. The predicted molar refractivity (Wildman–Crippen MR) is 74.5 cm³/mol. The Bertz CT molecular complexity index is 565. The second kappa shape index (κ2) is 5.32. The molecule has 0 spiro atoms. The van der Waals surface area contributed by atoms with Gasteiger partial charge in [-0.05, 0) is 40.8 Å². The van der Waals surface area contributed by atoms with E-state index in [4.69, 9.17) is 23.2 Å². The second-order valence-electron chi connectivity index (χ2n) is 3.12. The maximum absolute atomic E-state index is 12.9. The lowest BCUT2D eigenvalue weighted by Crippen LogP contribution is -1.97. The monoisotopic (exact) mass is 383 g/mol. The normalized spacial score (nSPS) is 10.4. The summed E-state index contributed by atoms with van der Waals surface area (Å²) in [4.78, 5) is 0. The minimum atomic E-state index is -0.295. The van der Waals surface area contributed by atoms with E-state index in [1.807, 2.05) is 22.6 Å². The van der Waals surface area contributed by atoms with E-state index in [0.717, 1.165) is 9.26 Å². The molecule has 0 saturated heterocycles. The van der Waals surface area contributed by atoms with Gasteiger partial charge in [0.05, 0.1) is 11.4 Å². The van der Waals surface area contributed by atoms with Gasteiger partial charge >= 0.3 is 0 Å². The van der Waals surface area contributed by atoms with E-state index >= 15 is 0 Å². The van der Waals surface area contributed by atoms with Gasteiger partial charge in [0.25, 0.3) is 0 Å². The third-order valence-electron chi connectivity index (χ3n) is 1.92. The molecule has 0 bridgehead atoms. The first-order chi connectivity index (χ1) is 8.06. The average molecular weight is 384 g/mol. The maximum atomic E-state index is 12.9. The van der Waals surface area contributed by atoms with E-state index in [0.29, 0.717) is 5.69 Å². The van der Waals surface area contributed by atoms with Crippen LogP contribution in [0.2, 0.25) is 10.3 Å². The first-order valence-corrected chi connectivity index (χ1v) is 6.30. The van der Waals surface area contributed by atoms with Crippen LogP contribution in [0.5, 0.6) is 0 Å². The number of hydrogen-bond donors (Lipinski definition) is 1. The van der Waals surface area contributed by atoms with Crippen LogP contribution in [0.15, 0.2) is 24.3 Å². The van der Waals surface area contributed by atoms with Crippen molar-refractivity contribution in [2.45, 2.75) is 0 Å². The van der Waals surface area contributed by atoms with Crippen molar-refractivity contribution >= 4 is 57.2 Å². The summed E-state index contributed by atoms with van der Waals surface area (Å²) in [5, 5.41) is 10.7. The molecule has 0 atom stereocenters. The molecule has 2 aromatic rings. The van der Waals surface area contributed by atoms with Gasteiger partial charge in [-0.2, -0.15) is 0 Å². The number of anilines is 2. The van der Waals surface area contributed by atoms with Crippen LogP contribution in [-0.2, 0) is 0 Å². The molecule has 3 nitrogen and oxygen atoms in total. The summed E-state index contributed by atoms with van der Waals surface area (Å²) in [7, 11) is 0. The number of nitrogens with zero attached hydrogens (tertiary/aromatic N) is 2. The quantitative estimate of drug-likeness (QED) is 0.787. The number of rotatable bonds is 2. The van der Waals surface area contributed by atoms with E-state index < -0.39 is 0 Å². The van der Waals surface area contributed by atoms with Crippen molar-refractivity contribution in [1.82, 2.24) is 10.2 Å². The van der Waals surface area contributed by atoms with E-state index in [1.165, 1.54) is 12.1 Å². The van der Waals surface area contributed by atoms with Crippen molar-refractivity contribution in [3.05, 3.63) is 44.0 Å². The predicted octanol–water partition coefficient (Wildman–Crippen LogP) is 4.27. The third kappa shape index (κ3) is 3.17. The van der Waals surface area contributed by atoms with Crippen LogP contribution < -0.4 is 5.32 Å². The van der Waals surface area contributed by atoms with E-state index in [-0.39, 0.29) is 16.1 Å². The zero-order chi connectivity index (χ0) is 12.4. The molecule has 1 aromatic heterocycles. The zero-order valence-electron chi connectivity index (χ0n) is 8.22. The van der Waals surface area contributed by atoms with Gasteiger partial charge in [0.15, 0.2) is 10.3 Å². The molecule has 0 unspecified atom stereocenters. The number of benzene rings is 1. The summed E-state index contributed by atoms with van der Waals surface area (Å²) < 4.78 is 13.7. The van der Waals surface area contributed by atoms with Crippen LogP contribution >= 0.6 is 45.8 Å². The van der Waals surface area contributed by atoms with Crippen molar-refractivity contribution in [3.8, 4) is 0 Å². The highest BCUT2D eigenvalue weighted by atomic mass is 127. The van der Waals surface area contributed by atoms with Crippen LogP contribution in [0.1, 0.15) is 0 Å². The Morgan fingerprint density at radius 2 is 1.88 bits per heavy atom. The van der Waals surface area contributed by atoms with Crippen LogP contribution in [0.4, 0.5) is 15.8 Å². The third-order valence-corrected chi connectivity index (χ3v) is 3.28. The Balaban J connectivity index is 2.34. The molecule has 0 fully saturated rings. The Hall–Kier alpha value is -0.660. The number of aromatic nitrogens is 2. The summed E-state index contributed by atoms with van der Waals surface area (Å²) in [6.07, 6.45) is 0. The SMILES string of the molecule is Fc1ccc(Nc2cc(Cl)nnc2Cl)c(I)c1. The molecule has 1 aromatic carbocycles. The molecular formula is C10H5Cl2FIN3. The first kappa shape index (κ1) is 12.8. The highest BCUT2D eigenvalue weighted by molar-refractivity contribution is 14.1. The molecule has 1 N–H and O–H groups in total. The average Bonchev–Trinajstić information content (AvgIpc) is 2.27. The summed E-state index contributed by atoms with van der Waals surface area (Å²) in [5.74, 6) is -0.295. The van der Waals surface area contributed by atoms with Gasteiger partial charge in [0.1, 0.15) is 5.82 Å². The van der Waals surface area contributed by atoms with Crippen molar-refractivity contribution in [2.24, 2.45) is 0 Å². The van der Waals surface area contributed by atoms with Crippen molar-refractivity contribution in [1.29, 1.82) is 0 Å². The Kier molecular flexibility index (Phi) is 4.01. The van der Waals surface area contributed by atoms with Gasteiger partial charge in [-0.3, -0.25) is 0 Å². The van der Waals surface area contributed by atoms with Crippen molar-refractivity contribution in [3.63, 3.8) is 0 Å². The van der Waals surface area contributed by atoms with Gasteiger partial charge in [-0.1, -0.05) is 23.2 Å². The van der Waals surface area contributed by atoms with Crippen LogP contribution in [0, 0.1) is 9.39 Å². The molecule has 7 heteroatoms. The second-order valence-corrected chi connectivity index (χ2v) is 5.03. The highest BCUT2D eigenvalue weighted by Gasteiger charge is 2.07. The molecule has 0 saturated carbocycles. The van der Waals surface area contributed by atoms with Crippen molar-refractivity contribution in [2.75, 3.05) is 5.32 Å². The molecule has 1 heterocycles. The summed E-state index contributed by atoms with van der Waals surface area (Å²) in [5.41, 5.74) is 1.24. The lowest BCUT2D eigenvalue weighted by molar-refractivity contribution is 0.627.